The van der Waals surface area contributed by atoms with Gasteiger partial charge in [0.1, 0.15) is 5.82 Å². The number of rotatable bonds is 1. The number of hydrogen-bond donors (Lipinski definition) is 1. The highest BCUT2D eigenvalue weighted by Gasteiger charge is 2.39. The minimum Gasteiger partial charge on any atom is -0.310 e. The Morgan fingerprint density at radius 3 is 2.79 bits per heavy atom. The van der Waals surface area contributed by atoms with E-state index in [0.29, 0.717) is 0 Å². The molecule has 1 aliphatic rings. The lowest BCUT2D eigenvalue weighted by Gasteiger charge is -2.14. The molecule has 0 radical (unpaired) electrons. The van der Waals surface area contributed by atoms with Gasteiger partial charge < -0.3 is 5.32 Å². The molecule has 0 unspecified atom stereocenters. The van der Waals surface area contributed by atoms with Gasteiger partial charge in [-0.15, -0.1) is 0 Å². The lowest BCUT2D eigenvalue weighted by molar-refractivity contribution is -0.119. The smallest absolute Gasteiger partial charge is 0.235 e. The van der Waals surface area contributed by atoms with E-state index in [1.807, 2.05) is 26.0 Å². The maximum Gasteiger partial charge on any atom is 0.235 e. The number of carbonyl (C=O) groups is 1. The van der Waals surface area contributed by atoms with Crippen molar-refractivity contribution >= 4 is 11.7 Å². The van der Waals surface area contributed by atoms with Crippen LogP contribution >= 0.6 is 0 Å². The molecule has 3 heteroatoms. The van der Waals surface area contributed by atoms with E-state index in [4.69, 9.17) is 0 Å². The summed E-state index contributed by atoms with van der Waals surface area (Å²) in [5.41, 5.74) is 1.58. The summed E-state index contributed by atoms with van der Waals surface area (Å²) in [5, 5.41) is 2.81. The zero-order valence-corrected chi connectivity index (χ0v) is 8.72. The maximum absolute atomic E-state index is 11.6. The first-order valence-electron chi connectivity index (χ1n) is 4.87. The van der Waals surface area contributed by atoms with Gasteiger partial charge in [-0.3, -0.25) is 4.79 Å². The van der Waals surface area contributed by atoms with Crippen LogP contribution in [0.15, 0.2) is 12.1 Å². The molecule has 0 spiro atoms. The predicted molar refractivity (Wildman–Crippen MR) is 55.3 cm³/mol. The summed E-state index contributed by atoms with van der Waals surface area (Å²) in [5.74, 6) is 0.771. The number of amides is 1. The van der Waals surface area contributed by atoms with Gasteiger partial charge in [0.25, 0.3) is 0 Å². The number of hydrogen-bond acceptors (Lipinski definition) is 2. The number of aryl methyl sites for hydroxylation is 1. The topological polar surface area (TPSA) is 42.0 Å². The van der Waals surface area contributed by atoms with Crippen LogP contribution in [0.3, 0.4) is 0 Å². The third-order valence-corrected chi connectivity index (χ3v) is 2.79. The van der Waals surface area contributed by atoms with Crippen molar-refractivity contribution in [3.05, 3.63) is 23.4 Å². The van der Waals surface area contributed by atoms with Crippen LogP contribution in [0.5, 0.6) is 0 Å². The molecular formula is C11H14N2O. The Labute approximate surface area is 83.5 Å². The molecule has 1 amide bonds. The molecule has 0 atom stereocenters. The van der Waals surface area contributed by atoms with E-state index in [0.717, 1.165) is 23.5 Å². The van der Waals surface area contributed by atoms with Crippen molar-refractivity contribution in [3.8, 4) is 0 Å². The molecule has 1 aromatic heterocycles. The van der Waals surface area contributed by atoms with Crippen LogP contribution < -0.4 is 5.32 Å². The lowest BCUT2D eigenvalue weighted by atomic mass is 9.87. The van der Waals surface area contributed by atoms with Gasteiger partial charge in [0.15, 0.2) is 0 Å². The van der Waals surface area contributed by atoms with Gasteiger partial charge in [0, 0.05) is 11.3 Å². The summed E-state index contributed by atoms with van der Waals surface area (Å²) in [6.07, 6.45) is 0.892. The Kier molecular flexibility index (Phi) is 1.84. The molecule has 0 fully saturated rings. The van der Waals surface area contributed by atoms with E-state index in [2.05, 4.69) is 17.2 Å². The number of nitrogens with zero attached hydrogens (tertiary/aromatic N) is 1. The van der Waals surface area contributed by atoms with Gasteiger partial charge in [-0.05, 0) is 26.3 Å². The summed E-state index contributed by atoms with van der Waals surface area (Å²) >= 11 is 0. The van der Waals surface area contributed by atoms with Crippen molar-refractivity contribution in [2.24, 2.45) is 0 Å². The molecule has 1 aliphatic heterocycles. The van der Waals surface area contributed by atoms with Gasteiger partial charge in [-0.25, -0.2) is 4.98 Å². The van der Waals surface area contributed by atoms with Crippen LogP contribution in [0.4, 0.5) is 5.82 Å². The molecule has 2 heterocycles. The highest BCUT2D eigenvalue weighted by molar-refractivity contribution is 6.04. The quantitative estimate of drug-likeness (QED) is 0.734. The van der Waals surface area contributed by atoms with E-state index in [1.54, 1.807) is 0 Å². The molecule has 0 bridgehead atoms. The minimum absolute atomic E-state index is 0.0354. The SMILES string of the molecule is CCc1ccc2c(n1)NC(=O)C2(C)C. The molecule has 2 rings (SSSR count). The first-order valence-corrected chi connectivity index (χ1v) is 4.87. The fourth-order valence-corrected chi connectivity index (χ4v) is 1.68. The zero-order chi connectivity index (χ0) is 10.3. The molecule has 14 heavy (non-hydrogen) atoms. The summed E-state index contributed by atoms with van der Waals surface area (Å²) < 4.78 is 0. The van der Waals surface area contributed by atoms with Crippen molar-refractivity contribution in [1.29, 1.82) is 0 Å². The van der Waals surface area contributed by atoms with E-state index in [9.17, 15) is 4.79 Å². The van der Waals surface area contributed by atoms with Crippen molar-refractivity contribution in [3.63, 3.8) is 0 Å². The molecule has 3 nitrogen and oxygen atoms in total. The summed E-state index contributed by atoms with van der Waals surface area (Å²) in [6.45, 7) is 5.89. The number of fused-ring (bicyclic) bond motifs is 1. The largest absolute Gasteiger partial charge is 0.310 e. The van der Waals surface area contributed by atoms with Gasteiger partial charge in [0.2, 0.25) is 5.91 Å². The lowest BCUT2D eigenvalue weighted by Crippen LogP contribution is -2.26. The molecule has 0 saturated heterocycles. The Hall–Kier alpha value is -1.38. The second-order valence-corrected chi connectivity index (χ2v) is 4.13. The standard InChI is InChI=1S/C11H14N2O/c1-4-7-5-6-8-9(12-7)13-10(14)11(8,2)3/h5-6H,4H2,1-3H3,(H,12,13,14). The van der Waals surface area contributed by atoms with E-state index in [-0.39, 0.29) is 5.91 Å². The van der Waals surface area contributed by atoms with Crippen molar-refractivity contribution in [1.82, 2.24) is 4.98 Å². The van der Waals surface area contributed by atoms with Crippen LogP contribution in [0.25, 0.3) is 0 Å². The van der Waals surface area contributed by atoms with Crippen molar-refractivity contribution < 1.29 is 4.79 Å². The fraction of sp³-hybridized carbons (Fsp3) is 0.455. The Morgan fingerprint density at radius 2 is 2.14 bits per heavy atom. The minimum atomic E-state index is -0.436. The normalized spacial score (nSPS) is 17.8. The molecule has 1 aromatic rings. The fourth-order valence-electron chi connectivity index (χ4n) is 1.68. The molecule has 0 aromatic carbocycles. The molecule has 74 valence electrons. The molecular weight excluding hydrogens is 176 g/mol. The first-order chi connectivity index (χ1) is 6.55. The molecule has 0 saturated carbocycles. The average Bonchev–Trinajstić information content (AvgIpc) is 2.38. The zero-order valence-electron chi connectivity index (χ0n) is 8.72. The van der Waals surface area contributed by atoms with Crippen LogP contribution in [0.1, 0.15) is 32.0 Å². The van der Waals surface area contributed by atoms with Gasteiger partial charge in [-0.2, -0.15) is 0 Å². The maximum atomic E-state index is 11.6. The highest BCUT2D eigenvalue weighted by Crippen LogP contribution is 2.35. The second-order valence-electron chi connectivity index (χ2n) is 4.13. The van der Waals surface area contributed by atoms with E-state index >= 15 is 0 Å². The van der Waals surface area contributed by atoms with E-state index in [1.165, 1.54) is 0 Å². The Morgan fingerprint density at radius 1 is 1.43 bits per heavy atom. The van der Waals surface area contributed by atoms with Crippen LogP contribution in [0, 0.1) is 0 Å². The highest BCUT2D eigenvalue weighted by atomic mass is 16.2. The third kappa shape index (κ3) is 1.12. The van der Waals surface area contributed by atoms with Crippen LogP contribution in [0.2, 0.25) is 0 Å². The number of pyridine rings is 1. The summed E-state index contributed by atoms with van der Waals surface area (Å²) in [6, 6.07) is 3.99. The number of aromatic nitrogens is 1. The Balaban J connectivity index is 2.54. The number of nitrogens with one attached hydrogen (secondary N) is 1. The van der Waals surface area contributed by atoms with Crippen LogP contribution in [-0.4, -0.2) is 10.9 Å². The van der Waals surface area contributed by atoms with Gasteiger partial charge in [0.05, 0.1) is 5.41 Å². The first kappa shape index (κ1) is 9.19. The summed E-state index contributed by atoms with van der Waals surface area (Å²) in [4.78, 5) is 16.0. The second kappa shape index (κ2) is 2.80. The average molecular weight is 190 g/mol. The van der Waals surface area contributed by atoms with E-state index < -0.39 is 5.41 Å². The predicted octanol–water partition coefficient (Wildman–Crippen LogP) is 1.87. The van der Waals surface area contributed by atoms with Crippen molar-refractivity contribution in [2.75, 3.05) is 5.32 Å². The van der Waals surface area contributed by atoms with Gasteiger partial charge in [-0.1, -0.05) is 13.0 Å². The number of carbonyl (C=O) groups excluding carboxylic acids is 1. The molecule has 1 N–H and O–H groups in total. The third-order valence-electron chi connectivity index (χ3n) is 2.79. The van der Waals surface area contributed by atoms with Crippen molar-refractivity contribution in [2.45, 2.75) is 32.6 Å². The molecule has 0 aliphatic carbocycles. The van der Waals surface area contributed by atoms with Gasteiger partial charge >= 0.3 is 0 Å². The monoisotopic (exact) mass is 190 g/mol. The number of anilines is 1. The van der Waals surface area contributed by atoms with Crippen LogP contribution in [-0.2, 0) is 16.6 Å². The Bertz CT molecular complexity index is 396. The summed E-state index contributed by atoms with van der Waals surface area (Å²) in [7, 11) is 0.